The Labute approximate surface area is 172 Å². The molecule has 1 fully saturated rings. The van der Waals surface area contributed by atoms with E-state index in [1.165, 1.54) is 23.1 Å². The number of carbonyl (C=O) groups is 2. The molecule has 0 radical (unpaired) electrons. The Hall–Kier alpha value is -3.87. The van der Waals surface area contributed by atoms with Crippen molar-refractivity contribution in [3.8, 4) is 0 Å². The van der Waals surface area contributed by atoms with Gasteiger partial charge in [-0.05, 0) is 60.0 Å². The number of amides is 1. The first-order valence-corrected chi connectivity index (χ1v) is 9.31. The molecule has 150 valence electrons. The molecule has 3 heterocycles. The first-order chi connectivity index (χ1) is 14.5. The quantitative estimate of drug-likeness (QED) is 0.409. The molecule has 0 saturated carbocycles. The van der Waals surface area contributed by atoms with E-state index in [4.69, 9.17) is 0 Å². The zero-order chi connectivity index (χ0) is 21.3. The van der Waals surface area contributed by atoms with E-state index in [0.717, 1.165) is 5.56 Å². The fraction of sp³-hybridized carbons (Fsp3) is 0.130. The van der Waals surface area contributed by atoms with Crippen molar-refractivity contribution in [3.05, 3.63) is 101 Å². The van der Waals surface area contributed by atoms with Gasteiger partial charge in [0.25, 0.3) is 11.7 Å². The normalized spacial score (nSPS) is 18.1. The second-order valence-corrected chi connectivity index (χ2v) is 7.03. The molecule has 2 aromatic heterocycles. The number of aliphatic hydroxyl groups excluding tert-OH is 1. The van der Waals surface area contributed by atoms with Gasteiger partial charge in [-0.25, -0.2) is 4.39 Å². The van der Waals surface area contributed by atoms with Crippen LogP contribution in [0.4, 0.5) is 4.39 Å². The number of benzene rings is 1. The lowest BCUT2D eigenvalue weighted by Crippen LogP contribution is -2.29. The summed E-state index contributed by atoms with van der Waals surface area (Å²) in [4.78, 5) is 35.3. The third-order valence-electron chi connectivity index (χ3n) is 5.07. The van der Waals surface area contributed by atoms with Crippen LogP contribution in [-0.4, -0.2) is 31.7 Å². The lowest BCUT2D eigenvalue weighted by Gasteiger charge is -2.25. The molecule has 1 N–H and O–H groups in total. The lowest BCUT2D eigenvalue weighted by atomic mass is 9.95. The largest absolute Gasteiger partial charge is 0.507 e. The topological polar surface area (TPSA) is 83.4 Å². The van der Waals surface area contributed by atoms with Crippen molar-refractivity contribution in [1.29, 1.82) is 0 Å². The van der Waals surface area contributed by atoms with E-state index in [1.807, 2.05) is 0 Å². The van der Waals surface area contributed by atoms with Crippen molar-refractivity contribution in [2.75, 3.05) is 0 Å². The number of pyridine rings is 2. The number of likely N-dealkylation sites (tertiary alicyclic amines) is 1. The van der Waals surface area contributed by atoms with Crippen LogP contribution in [0.25, 0.3) is 5.76 Å². The number of carbonyl (C=O) groups excluding carboxylic acids is 2. The second kappa shape index (κ2) is 7.87. The highest BCUT2D eigenvalue weighted by atomic mass is 19.1. The monoisotopic (exact) mass is 403 g/mol. The number of rotatable bonds is 4. The van der Waals surface area contributed by atoms with Gasteiger partial charge in [-0.15, -0.1) is 0 Å². The number of nitrogens with zero attached hydrogens (tertiary/aromatic N) is 3. The highest BCUT2D eigenvalue weighted by Crippen LogP contribution is 2.40. The van der Waals surface area contributed by atoms with Crippen LogP contribution in [0.5, 0.6) is 0 Å². The van der Waals surface area contributed by atoms with Crippen LogP contribution < -0.4 is 0 Å². The highest BCUT2D eigenvalue weighted by molar-refractivity contribution is 6.46. The summed E-state index contributed by atoms with van der Waals surface area (Å²) in [7, 11) is 0. The smallest absolute Gasteiger partial charge is 0.295 e. The van der Waals surface area contributed by atoms with Crippen molar-refractivity contribution >= 4 is 17.4 Å². The Kier molecular flexibility index (Phi) is 5.10. The average molecular weight is 403 g/mol. The van der Waals surface area contributed by atoms with Gasteiger partial charge >= 0.3 is 0 Å². The molecule has 1 saturated heterocycles. The molecule has 30 heavy (non-hydrogen) atoms. The third-order valence-corrected chi connectivity index (χ3v) is 5.07. The minimum Gasteiger partial charge on any atom is -0.507 e. The van der Waals surface area contributed by atoms with Crippen molar-refractivity contribution in [3.63, 3.8) is 0 Å². The molecule has 4 rings (SSSR count). The molecule has 7 heteroatoms. The molecule has 6 nitrogen and oxygen atoms in total. The molecule has 0 aliphatic carbocycles. The predicted molar refractivity (Wildman–Crippen MR) is 107 cm³/mol. The number of aryl methyl sites for hydroxylation is 1. The molecular weight excluding hydrogens is 385 g/mol. The van der Waals surface area contributed by atoms with Gasteiger partial charge in [-0.1, -0.05) is 6.07 Å². The van der Waals surface area contributed by atoms with Crippen LogP contribution in [0.1, 0.15) is 28.3 Å². The van der Waals surface area contributed by atoms with Gasteiger partial charge in [-0.3, -0.25) is 19.6 Å². The van der Waals surface area contributed by atoms with Gasteiger partial charge in [-0.2, -0.15) is 0 Å². The van der Waals surface area contributed by atoms with E-state index in [9.17, 15) is 19.1 Å². The molecule has 0 spiro atoms. The Morgan fingerprint density at radius 2 is 1.87 bits per heavy atom. The maximum Gasteiger partial charge on any atom is 0.295 e. The van der Waals surface area contributed by atoms with E-state index in [2.05, 4.69) is 9.97 Å². The molecule has 1 atom stereocenters. The average Bonchev–Trinajstić information content (AvgIpc) is 3.01. The summed E-state index contributed by atoms with van der Waals surface area (Å²) >= 11 is 0. The Balaban J connectivity index is 1.86. The number of halogens is 1. The Morgan fingerprint density at radius 3 is 2.53 bits per heavy atom. The second-order valence-electron chi connectivity index (χ2n) is 7.03. The van der Waals surface area contributed by atoms with Gasteiger partial charge in [0, 0.05) is 36.9 Å². The minimum absolute atomic E-state index is 0.0481. The summed E-state index contributed by atoms with van der Waals surface area (Å²) in [6.07, 6.45) is 6.35. The van der Waals surface area contributed by atoms with Gasteiger partial charge in [0.1, 0.15) is 11.6 Å². The molecule has 1 aromatic carbocycles. The molecule has 1 amide bonds. The SMILES string of the molecule is Cc1cc(/C(O)=C2/C(=O)C(=O)N(Cc3ccncc3)C2c2cccnc2)ccc1F. The van der Waals surface area contributed by atoms with Crippen LogP contribution in [0.3, 0.4) is 0 Å². The summed E-state index contributed by atoms with van der Waals surface area (Å²) in [5.41, 5.74) is 1.92. The van der Waals surface area contributed by atoms with Crippen molar-refractivity contribution in [2.24, 2.45) is 0 Å². The maximum atomic E-state index is 13.7. The number of hydrogen-bond acceptors (Lipinski definition) is 5. The third kappa shape index (κ3) is 3.45. The van der Waals surface area contributed by atoms with Crippen LogP contribution >= 0.6 is 0 Å². The van der Waals surface area contributed by atoms with Gasteiger partial charge in [0.15, 0.2) is 0 Å². The zero-order valence-corrected chi connectivity index (χ0v) is 16.1. The first kappa shape index (κ1) is 19.4. The standard InChI is InChI=1S/C23H18FN3O3/c1-14-11-16(4-5-18(14)24)21(28)19-20(17-3-2-8-26-12-17)27(23(30)22(19)29)13-15-6-9-25-10-7-15/h2-12,20,28H,13H2,1H3/b21-19-. The number of aliphatic hydroxyl groups is 1. The predicted octanol–water partition coefficient (Wildman–Crippen LogP) is 3.55. The number of aromatic nitrogens is 2. The molecule has 1 aliphatic heterocycles. The Bertz CT molecular complexity index is 1150. The van der Waals surface area contributed by atoms with E-state index >= 15 is 0 Å². The van der Waals surface area contributed by atoms with Crippen molar-refractivity contribution in [1.82, 2.24) is 14.9 Å². The van der Waals surface area contributed by atoms with Gasteiger partial charge < -0.3 is 10.0 Å². The fourth-order valence-corrected chi connectivity index (χ4v) is 3.56. The van der Waals surface area contributed by atoms with E-state index in [-0.39, 0.29) is 23.4 Å². The molecule has 1 aliphatic rings. The summed E-state index contributed by atoms with van der Waals surface area (Å²) in [6.45, 7) is 1.72. The first-order valence-electron chi connectivity index (χ1n) is 9.31. The molecule has 1 unspecified atom stereocenters. The van der Waals surface area contributed by atoms with Crippen molar-refractivity contribution < 1.29 is 19.1 Å². The van der Waals surface area contributed by atoms with Crippen LogP contribution in [0.15, 0.2) is 72.8 Å². The number of hydrogen-bond donors (Lipinski definition) is 1. The summed E-state index contributed by atoms with van der Waals surface area (Å²) < 4.78 is 13.7. The summed E-state index contributed by atoms with van der Waals surface area (Å²) in [5, 5.41) is 11.0. The van der Waals surface area contributed by atoms with Gasteiger partial charge in [0.2, 0.25) is 0 Å². The molecule has 3 aromatic rings. The highest BCUT2D eigenvalue weighted by Gasteiger charge is 2.46. The zero-order valence-electron chi connectivity index (χ0n) is 16.1. The molecular formula is C23H18FN3O3. The number of ketones is 1. The van der Waals surface area contributed by atoms with Crippen LogP contribution in [0.2, 0.25) is 0 Å². The molecule has 0 bridgehead atoms. The summed E-state index contributed by atoms with van der Waals surface area (Å²) in [5.74, 6) is -2.28. The van der Waals surface area contributed by atoms with Crippen LogP contribution in [0, 0.1) is 12.7 Å². The van der Waals surface area contributed by atoms with E-state index in [1.54, 1.807) is 56.0 Å². The van der Waals surface area contributed by atoms with E-state index in [0.29, 0.717) is 11.1 Å². The van der Waals surface area contributed by atoms with E-state index < -0.39 is 23.5 Å². The van der Waals surface area contributed by atoms with Crippen molar-refractivity contribution in [2.45, 2.75) is 19.5 Å². The lowest BCUT2D eigenvalue weighted by molar-refractivity contribution is -0.140. The van der Waals surface area contributed by atoms with Gasteiger partial charge in [0.05, 0.1) is 11.6 Å². The summed E-state index contributed by atoms with van der Waals surface area (Å²) in [6, 6.07) is 10.2. The minimum atomic E-state index is -0.822. The maximum absolute atomic E-state index is 13.7. The Morgan fingerprint density at radius 1 is 1.10 bits per heavy atom. The fourth-order valence-electron chi connectivity index (χ4n) is 3.56. The van der Waals surface area contributed by atoms with Crippen LogP contribution in [-0.2, 0) is 16.1 Å². The number of Topliss-reactive ketones (excluding diaryl/α,β-unsaturated/α-hetero) is 1.